The summed E-state index contributed by atoms with van der Waals surface area (Å²) in [5.41, 5.74) is 0.490. The van der Waals surface area contributed by atoms with Gasteiger partial charge in [-0.15, -0.1) is 0 Å². The first kappa shape index (κ1) is 15.8. The lowest BCUT2D eigenvalue weighted by Crippen LogP contribution is -2.56. The molecule has 0 amide bonds. The zero-order valence-corrected chi connectivity index (χ0v) is 11.9. The highest BCUT2D eigenvalue weighted by atomic mass is 16.6. The maximum Gasteiger partial charge on any atom is 0.270 e. The van der Waals surface area contributed by atoms with E-state index in [1.807, 2.05) is 0 Å². The van der Waals surface area contributed by atoms with Crippen LogP contribution < -0.4 is 0 Å². The molecule has 1 saturated heterocycles. The van der Waals surface area contributed by atoms with Crippen LogP contribution in [0.5, 0.6) is 0 Å². The molecule has 1 aliphatic heterocycles. The quantitative estimate of drug-likeness (QED) is 0.442. The number of non-ortho nitro benzene ring substituents is 1. The van der Waals surface area contributed by atoms with Gasteiger partial charge in [-0.25, -0.2) is 0 Å². The van der Waals surface area contributed by atoms with Gasteiger partial charge in [0, 0.05) is 23.7 Å². The van der Waals surface area contributed by atoms with Crippen LogP contribution in [0, 0.1) is 10.1 Å². The van der Waals surface area contributed by atoms with Gasteiger partial charge >= 0.3 is 0 Å². The molecule has 3 rings (SSSR count). The van der Waals surface area contributed by atoms with Gasteiger partial charge in [0.1, 0.15) is 24.4 Å². The molecule has 9 nitrogen and oxygen atoms in total. The summed E-state index contributed by atoms with van der Waals surface area (Å²) in [4.78, 5) is 10.3. The number of aliphatic hydroxyl groups is 4. The van der Waals surface area contributed by atoms with Crippen molar-refractivity contribution in [3.05, 3.63) is 40.6 Å². The van der Waals surface area contributed by atoms with E-state index in [9.17, 15) is 30.5 Å². The summed E-state index contributed by atoms with van der Waals surface area (Å²) in [5.74, 6) is 0. The van der Waals surface area contributed by atoms with Crippen LogP contribution in [-0.4, -0.2) is 60.9 Å². The lowest BCUT2D eigenvalue weighted by Gasteiger charge is -2.40. The van der Waals surface area contributed by atoms with E-state index in [0.717, 1.165) is 0 Å². The van der Waals surface area contributed by atoms with Crippen molar-refractivity contribution in [3.8, 4) is 0 Å². The van der Waals surface area contributed by atoms with E-state index < -0.39 is 42.2 Å². The van der Waals surface area contributed by atoms with Gasteiger partial charge in [0.05, 0.1) is 17.0 Å². The van der Waals surface area contributed by atoms with Crippen molar-refractivity contribution in [3.63, 3.8) is 0 Å². The zero-order valence-electron chi connectivity index (χ0n) is 11.9. The van der Waals surface area contributed by atoms with E-state index >= 15 is 0 Å². The first-order valence-electron chi connectivity index (χ1n) is 6.99. The average Bonchev–Trinajstić information content (AvgIpc) is 2.96. The molecule has 0 radical (unpaired) electrons. The molecule has 0 spiro atoms. The van der Waals surface area contributed by atoms with Gasteiger partial charge in [-0.2, -0.15) is 0 Å². The summed E-state index contributed by atoms with van der Waals surface area (Å²) >= 11 is 0. The minimum absolute atomic E-state index is 0.0657. The lowest BCUT2D eigenvalue weighted by atomic mass is 9.98. The van der Waals surface area contributed by atoms with Crippen LogP contribution in [0.25, 0.3) is 10.9 Å². The molecule has 0 unspecified atom stereocenters. The van der Waals surface area contributed by atoms with Crippen molar-refractivity contribution in [1.82, 2.24) is 4.57 Å². The predicted octanol–water partition coefficient (Wildman–Crippen LogP) is -0.478. The molecule has 2 aromatic rings. The third kappa shape index (κ3) is 2.58. The van der Waals surface area contributed by atoms with Crippen molar-refractivity contribution in [2.45, 2.75) is 30.6 Å². The Kier molecular flexibility index (Phi) is 4.04. The van der Waals surface area contributed by atoms with Gasteiger partial charge in [0.15, 0.2) is 6.23 Å². The summed E-state index contributed by atoms with van der Waals surface area (Å²) < 4.78 is 6.98. The Morgan fingerprint density at radius 3 is 2.57 bits per heavy atom. The van der Waals surface area contributed by atoms with Crippen LogP contribution in [0.1, 0.15) is 6.23 Å². The van der Waals surface area contributed by atoms with E-state index in [2.05, 4.69) is 0 Å². The van der Waals surface area contributed by atoms with Crippen LogP contribution >= 0.6 is 0 Å². The van der Waals surface area contributed by atoms with Gasteiger partial charge in [-0.05, 0) is 12.1 Å². The van der Waals surface area contributed by atoms with Crippen molar-refractivity contribution in [1.29, 1.82) is 0 Å². The lowest BCUT2D eigenvalue weighted by molar-refractivity contribution is -0.384. The van der Waals surface area contributed by atoms with Gasteiger partial charge in [-0.1, -0.05) is 0 Å². The molecular weight excluding hydrogens is 308 g/mol. The Balaban J connectivity index is 2.00. The van der Waals surface area contributed by atoms with Crippen molar-refractivity contribution in [2.24, 2.45) is 0 Å². The Labute approximate surface area is 130 Å². The fourth-order valence-corrected chi connectivity index (χ4v) is 2.80. The summed E-state index contributed by atoms with van der Waals surface area (Å²) in [6, 6.07) is 5.83. The minimum Gasteiger partial charge on any atom is -0.394 e. The number of aliphatic hydroxyl groups excluding tert-OH is 4. The molecule has 0 bridgehead atoms. The van der Waals surface area contributed by atoms with Gasteiger partial charge in [0.2, 0.25) is 0 Å². The molecule has 1 fully saturated rings. The maximum absolute atomic E-state index is 10.8. The van der Waals surface area contributed by atoms with Gasteiger partial charge in [0.25, 0.3) is 5.69 Å². The number of ether oxygens (including phenoxy) is 1. The number of nitro groups is 1. The summed E-state index contributed by atoms with van der Waals surface area (Å²) in [6.45, 7) is -0.522. The minimum atomic E-state index is -1.48. The number of nitrogens with zero attached hydrogens (tertiary/aromatic N) is 2. The zero-order chi connectivity index (χ0) is 16.7. The van der Waals surface area contributed by atoms with Crippen molar-refractivity contribution >= 4 is 16.6 Å². The normalized spacial score (nSPS) is 31.4. The molecule has 1 aromatic carbocycles. The molecule has 4 N–H and O–H groups in total. The summed E-state index contributed by atoms with van der Waals surface area (Å²) in [7, 11) is 0. The van der Waals surface area contributed by atoms with E-state index in [0.29, 0.717) is 10.9 Å². The Morgan fingerprint density at radius 2 is 1.91 bits per heavy atom. The smallest absolute Gasteiger partial charge is 0.270 e. The molecule has 9 heteroatoms. The fourth-order valence-electron chi connectivity index (χ4n) is 2.80. The average molecular weight is 324 g/mol. The van der Waals surface area contributed by atoms with Crippen LogP contribution in [-0.2, 0) is 4.74 Å². The highest BCUT2D eigenvalue weighted by Crippen LogP contribution is 2.32. The molecular formula is C14H16N2O7. The van der Waals surface area contributed by atoms with Crippen LogP contribution in [0.3, 0.4) is 0 Å². The number of aromatic nitrogens is 1. The molecule has 1 aromatic heterocycles. The summed E-state index contributed by atoms with van der Waals surface area (Å²) in [5, 5.41) is 50.4. The van der Waals surface area contributed by atoms with Crippen LogP contribution in [0.15, 0.2) is 30.5 Å². The second-order valence-electron chi connectivity index (χ2n) is 5.44. The maximum atomic E-state index is 10.8. The largest absolute Gasteiger partial charge is 0.394 e. The first-order chi connectivity index (χ1) is 10.9. The van der Waals surface area contributed by atoms with E-state index in [4.69, 9.17) is 4.74 Å². The van der Waals surface area contributed by atoms with Crippen LogP contribution in [0.4, 0.5) is 5.69 Å². The molecule has 0 saturated carbocycles. The van der Waals surface area contributed by atoms with E-state index in [-0.39, 0.29) is 5.69 Å². The molecule has 124 valence electrons. The van der Waals surface area contributed by atoms with Crippen molar-refractivity contribution in [2.75, 3.05) is 6.61 Å². The monoisotopic (exact) mass is 324 g/mol. The van der Waals surface area contributed by atoms with Gasteiger partial charge < -0.3 is 29.7 Å². The SMILES string of the molecule is O=[N+]([O-])c1ccc2c(ccn2[C@@H]2O[C@H](CO)[C@H](O)[C@H](O)[C@H]2O)c1. The van der Waals surface area contributed by atoms with Crippen LogP contribution in [0.2, 0.25) is 0 Å². The molecule has 1 aliphatic rings. The van der Waals surface area contributed by atoms with E-state index in [1.54, 1.807) is 12.3 Å². The standard InChI is InChI=1S/C14H16N2O7/c17-6-10-11(18)12(19)13(20)14(23-10)15-4-3-7-5-8(16(21)22)1-2-9(7)15/h1-5,10-14,17-20H,6H2/t10-,11+,12+,13-,14-/m1/s1. The molecule has 0 aliphatic carbocycles. The topological polar surface area (TPSA) is 138 Å². The number of nitro benzene ring substituents is 1. The second-order valence-corrected chi connectivity index (χ2v) is 5.44. The summed E-state index contributed by atoms with van der Waals surface area (Å²) in [6.07, 6.45) is -4.84. The number of hydrogen-bond acceptors (Lipinski definition) is 7. The molecule has 5 atom stereocenters. The molecule has 2 heterocycles. The number of fused-ring (bicyclic) bond motifs is 1. The number of rotatable bonds is 3. The highest BCUT2D eigenvalue weighted by Gasteiger charge is 2.44. The third-order valence-electron chi connectivity index (χ3n) is 4.06. The Bertz CT molecular complexity index is 729. The number of benzene rings is 1. The Hall–Kier alpha value is -2.04. The highest BCUT2D eigenvalue weighted by molar-refractivity contribution is 5.82. The fraction of sp³-hybridized carbons (Fsp3) is 0.429. The molecule has 23 heavy (non-hydrogen) atoms. The van der Waals surface area contributed by atoms with E-state index in [1.165, 1.54) is 22.8 Å². The van der Waals surface area contributed by atoms with Crippen molar-refractivity contribution < 1.29 is 30.1 Å². The Morgan fingerprint density at radius 1 is 1.17 bits per heavy atom. The third-order valence-corrected chi connectivity index (χ3v) is 4.06. The predicted molar refractivity (Wildman–Crippen MR) is 77.6 cm³/mol. The second kappa shape index (κ2) is 5.87. The first-order valence-corrected chi connectivity index (χ1v) is 6.99. The van der Waals surface area contributed by atoms with Gasteiger partial charge in [-0.3, -0.25) is 10.1 Å². The number of hydrogen-bond donors (Lipinski definition) is 4.